The summed E-state index contributed by atoms with van der Waals surface area (Å²) in [5.74, 6) is -0.223. The van der Waals surface area contributed by atoms with E-state index >= 15 is 0 Å². The van der Waals surface area contributed by atoms with Crippen LogP contribution in [0.15, 0.2) is 24.3 Å². The number of hydrogen-bond acceptors (Lipinski definition) is 3. The molecule has 0 saturated carbocycles. The highest BCUT2D eigenvalue weighted by atomic mass is 19.3. The van der Waals surface area contributed by atoms with E-state index in [2.05, 4.69) is 15.0 Å². The summed E-state index contributed by atoms with van der Waals surface area (Å²) in [7, 11) is 0. The fourth-order valence-corrected chi connectivity index (χ4v) is 1.88. The largest absolute Gasteiger partial charge is 0.432 e. The lowest BCUT2D eigenvalue weighted by atomic mass is 10.1. The Morgan fingerprint density at radius 2 is 2.00 bits per heavy atom. The minimum absolute atomic E-state index is 0.0125. The number of pyridine rings is 1. The van der Waals surface area contributed by atoms with E-state index in [1.807, 2.05) is 0 Å². The van der Waals surface area contributed by atoms with E-state index < -0.39 is 18.7 Å². The summed E-state index contributed by atoms with van der Waals surface area (Å²) in [5, 5.41) is 3.36. The number of ether oxygens (including phenoxy) is 1. The number of nitrogens with zero attached hydrogens (tertiary/aromatic N) is 1. The zero-order valence-corrected chi connectivity index (χ0v) is 10.5. The van der Waals surface area contributed by atoms with Crippen LogP contribution in [0.2, 0.25) is 0 Å². The third-order valence-electron chi connectivity index (χ3n) is 2.63. The first-order valence-corrected chi connectivity index (χ1v) is 5.93. The van der Waals surface area contributed by atoms with Gasteiger partial charge in [0, 0.05) is 17.6 Å². The minimum Gasteiger partial charge on any atom is -0.432 e. The molecule has 0 bridgehead atoms. The van der Waals surface area contributed by atoms with Crippen LogP contribution >= 0.6 is 0 Å². The molecule has 3 nitrogen and oxygen atoms in total. The zero-order chi connectivity index (χ0) is 14.7. The molecule has 0 spiro atoms. The number of aromatic nitrogens is 1. The van der Waals surface area contributed by atoms with Crippen LogP contribution in [0.25, 0.3) is 10.9 Å². The van der Waals surface area contributed by atoms with Gasteiger partial charge in [0.15, 0.2) is 5.75 Å². The Labute approximate surface area is 112 Å². The van der Waals surface area contributed by atoms with Crippen molar-refractivity contribution >= 4 is 16.6 Å². The van der Waals surface area contributed by atoms with Gasteiger partial charge in [-0.1, -0.05) is 12.1 Å². The highest BCUT2D eigenvalue weighted by Gasteiger charge is 2.17. The van der Waals surface area contributed by atoms with Crippen molar-refractivity contribution in [2.45, 2.75) is 20.0 Å². The Morgan fingerprint density at radius 1 is 1.25 bits per heavy atom. The van der Waals surface area contributed by atoms with E-state index in [-0.39, 0.29) is 11.3 Å². The molecular formula is C13H12F4N2O. The van der Waals surface area contributed by atoms with Gasteiger partial charge in [0.05, 0.1) is 0 Å². The van der Waals surface area contributed by atoms with Crippen molar-refractivity contribution in [2.75, 3.05) is 11.9 Å². The first-order chi connectivity index (χ1) is 9.52. The van der Waals surface area contributed by atoms with Crippen LogP contribution in [0, 0.1) is 0 Å². The monoisotopic (exact) mass is 288 g/mol. The van der Waals surface area contributed by atoms with Gasteiger partial charge in [-0.25, -0.2) is 13.8 Å². The Balaban J connectivity index is 2.65. The van der Waals surface area contributed by atoms with E-state index in [9.17, 15) is 17.6 Å². The molecule has 1 N–H and O–H groups in total. The van der Waals surface area contributed by atoms with Gasteiger partial charge in [-0.3, -0.25) is 0 Å². The summed E-state index contributed by atoms with van der Waals surface area (Å²) in [6, 6.07) is 5.59. The number of benzene rings is 1. The van der Waals surface area contributed by atoms with Crippen LogP contribution in [0.3, 0.4) is 0 Å². The predicted molar refractivity (Wildman–Crippen MR) is 67.5 cm³/mol. The molecule has 0 aliphatic rings. The normalized spacial score (nSPS) is 11.3. The van der Waals surface area contributed by atoms with Crippen LogP contribution in [0.1, 0.15) is 19.0 Å². The number of alkyl halides is 4. The first-order valence-electron chi connectivity index (χ1n) is 5.93. The Kier molecular flexibility index (Phi) is 4.26. The van der Waals surface area contributed by atoms with E-state index in [4.69, 9.17) is 0 Å². The van der Waals surface area contributed by atoms with Crippen molar-refractivity contribution in [3.63, 3.8) is 0 Å². The summed E-state index contributed by atoms with van der Waals surface area (Å²) >= 11 is 0. The number of halogens is 4. The predicted octanol–water partition coefficient (Wildman–Crippen LogP) is 4.21. The molecule has 7 heteroatoms. The second-order valence-corrected chi connectivity index (χ2v) is 3.96. The highest BCUT2D eigenvalue weighted by molar-refractivity contribution is 5.95. The van der Waals surface area contributed by atoms with Crippen molar-refractivity contribution in [1.82, 2.24) is 4.98 Å². The molecule has 2 aromatic rings. The third-order valence-corrected chi connectivity index (χ3v) is 2.63. The molecule has 0 aliphatic carbocycles. The fourth-order valence-electron chi connectivity index (χ4n) is 1.88. The number of rotatable bonds is 5. The summed E-state index contributed by atoms with van der Waals surface area (Å²) in [4.78, 5) is 3.72. The van der Waals surface area contributed by atoms with Gasteiger partial charge in [-0.15, -0.1) is 0 Å². The lowest BCUT2D eigenvalue weighted by molar-refractivity contribution is -0.0489. The summed E-state index contributed by atoms with van der Waals surface area (Å²) in [5.41, 5.74) is -0.0900. The smallest absolute Gasteiger partial charge is 0.387 e. The SMILES string of the molecule is CCNc1cc(C(F)F)nc2c(OC(F)F)cccc12. The van der Waals surface area contributed by atoms with E-state index in [0.29, 0.717) is 17.6 Å². The van der Waals surface area contributed by atoms with Crippen LogP contribution in [0.5, 0.6) is 5.75 Å². The molecule has 0 fully saturated rings. The minimum atomic E-state index is -3.04. The van der Waals surface area contributed by atoms with Crippen LogP contribution in [-0.4, -0.2) is 18.1 Å². The topological polar surface area (TPSA) is 34.2 Å². The number of fused-ring (bicyclic) bond motifs is 1. The maximum atomic E-state index is 12.8. The number of hydrogen-bond donors (Lipinski definition) is 1. The van der Waals surface area contributed by atoms with Crippen LogP contribution in [0.4, 0.5) is 23.2 Å². The third kappa shape index (κ3) is 2.92. The molecule has 1 aromatic heterocycles. The molecule has 0 radical (unpaired) electrons. The lowest BCUT2D eigenvalue weighted by Gasteiger charge is -2.13. The maximum Gasteiger partial charge on any atom is 0.387 e. The van der Waals surface area contributed by atoms with Gasteiger partial charge < -0.3 is 10.1 Å². The fraction of sp³-hybridized carbons (Fsp3) is 0.308. The lowest BCUT2D eigenvalue weighted by Crippen LogP contribution is -2.05. The summed E-state index contributed by atoms with van der Waals surface area (Å²) in [6.07, 6.45) is -2.79. The second-order valence-electron chi connectivity index (χ2n) is 3.96. The molecule has 108 valence electrons. The molecule has 20 heavy (non-hydrogen) atoms. The Hall–Kier alpha value is -2.05. The van der Waals surface area contributed by atoms with Gasteiger partial charge in [0.25, 0.3) is 6.43 Å². The average molecular weight is 288 g/mol. The van der Waals surface area contributed by atoms with Crippen molar-refractivity contribution in [2.24, 2.45) is 0 Å². The van der Waals surface area contributed by atoms with Crippen molar-refractivity contribution in [1.29, 1.82) is 0 Å². The highest BCUT2D eigenvalue weighted by Crippen LogP contribution is 2.33. The average Bonchev–Trinajstić information content (AvgIpc) is 2.39. The molecule has 0 aliphatic heterocycles. The maximum absolute atomic E-state index is 12.8. The molecule has 2 rings (SSSR count). The van der Waals surface area contributed by atoms with Crippen molar-refractivity contribution in [3.05, 3.63) is 30.0 Å². The number of para-hydroxylation sites is 1. The molecule has 1 aromatic carbocycles. The number of nitrogens with one attached hydrogen (secondary N) is 1. The molecule has 0 saturated heterocycles. The van der Waals surface area contributed by atoms with Gasteiger partial charge in [-0.05, 0) is 19.1 Å². The van der Waals surface area contributed by atoms with Crippen LogP contribution in [-0.2, 0) is 0 Å². The molecular weight excluding hydrogens is 276 g/mol. The van der Waals surface area contributed by atoms with Crippen molar-refractivity contribution in [3.8, 4) is 5.75 Å². The number of anilines is 1. The van der Waals surface area contributed by atoms with Gasteiger partial charge in [-0.2, -0.15) is 8.78 Å². The van der Waals surface area contributed by atoms with E-state index in [1.165, 1.54) is 18.2 Å². The summed E-state index contributed by atoms with van der Waals surface area (Å²) < 4.78 is 54.7. The molecule has 0 unspecified atom stereocenters. The first kappa shape index (κ1) is 14.4. The van der Waals surface area contributed by atoms with Gasteiger partial charge in [0.2, 0.25) is 0 Å². The van der Waals surface area contributed by atoms with Gasteiger partial charge in [0.1, 0.15) is 11.2 Å². The molecule has 0 amide bonds. The molecule has 1 heterocycles. The quantitative estimate of drug-likeness (QED) is 0.837. The van der Waals surface area contributed by atoms with Crippen LogP contribution < -0.4 is 10.1 Å². The van der Waals surface area contributed by atoms with Crippen molar-refractivity contribution < 1.29 is 22.3 Å². The summed E-state index contributed by atoms with van der Waals surface area (Å²) in [6.45, 7) is -0.740. The molecule has 0 atom stereocenters. The Bertz CT molecular complexity index is 604. The van der Waals surface area contributed by atoms with E-state index in [1.54, 1.807) is 13.0 Å². The standard InChI is InChI=1S/C13H12F4N2O/c1-2-18-8-6-9(12(14)15)19-11-7(8)4-3-5-10(11)20-13(16)17/h3-6,12-13H,2H2,1H3,(H,18,19). The second kappa shape index (κ2) is 5.94. The van der Waals surface area contributed by atoms with E-state index in [0.717, 1.165) is 0 Å². The Morgan fingerprint density at radius 3 is 2.60 bits per heavy atom. The van der Waals surface area contributed by atoms with Gasteiger partial charge >= 0.3 is 6.61 Å². The zero-order valence-electron chi connectivity index (χ0n) is 10.5.